The number of hydrogen-bond donors (Lipinski definition) is 4. The van der Waals surface area contributed by atoms with Gasteiger partial charge in [0.1, 0.15) is 5.75 Å². The highest BCUT2D eigenvalue weighted by Crippen LogP contribution is 2.13. The predicted molar refractivity (Wildman–Crippen MR) is 115 cm³/mol. The molecule has 8 heteroatoms. The van der Waals surface area contributed by atoms with Crippen molar-refractivity contribution in [2.45, 2.75) is 20.4 Å². The maximum Gasteiger partial charge on any atom is 0.279 e. The molecule has 2 aromatic carbocycles. The Bertz CT molecular complexity index is 868. The van der Waals surface area contributed by atoms with E-state index >= 15 is 0 Å². The van der Waals surface area contributed by atoms with Gasteiger partial charge in [0.05, 0.1) is 13.7 Å². The third-order valence-corrected chi connectivity index (χ3v) is 4.43. The number of quaternary nitrogens is 1. The highest BCUT2D eigenvalue weighted by atomic mass is 16.5. The topological polar surface area (TPSA) is 101 Å². The summed E-state index contributed by atoms with van der Waals surface area (Å²) in [6.07, 6.45) is 0. The molecule has 0 fully saturated rings. The molecule has 1 unspecified atom stereocenters. The molecule has 0 aromatic heterocycles. The molecule has 0 spiro atoms. The number of amides is 3. The fourth-order valence-electron chi connectivity index (χ4n) is 2.86. The van der Waals surface area contributed by atoms with Crippen molar-refractivity contribution in [1.29, 1.82) is 0 Å². The Kier molecular flexibility index (Phi) is 8.83. The zero-order valence-corrected chi connectivity index (χ0v) is 17.6. The van der Waals surface area contributed by atoms with Gasteiger partial charge in [0.2, 0.25) is 5.91 Å². The largest absolute Gasteiger partial charge is 0.497 e. The quantitative estimate of drug-likeness (QED) is 0.463. The number of anilines is 2. The Morgan fingerprint density at radius 3 is 2.17 bits per heavy atom. The number of carbonyl (C=O) groups is 3. The van der Waals surface area contributed by atoms with Gasteiger partial charge in [-0.1, -0.05) is 12.1 Å². The number of benzene rings is 2. The van der Waals surface area contributed by atoms with E-state index in [1.54, 1.807) is 31.4 Å². The number of methoxy groups -OCH3 is 1. The molecule has 160 valence electrons. The van der Waals surface area contributed by atoms with Gasteiger partial charge in [0, 0.05) is 24.8 Å². The number of carbonyl (C=O) groups excluding carboxylic acids is 3. The number of rotatable bonds is 10. The molecular formula is C22H29N4O4+. The van der Waals surface area contributed by atoms with Gasteiger partial charge >= 0.3 is 0 Å². The van der Waals surface area contributed by atoms with Crippen LogP contribution in [-0.2, 0) is 20.9 Å². The molecule has 0 bridgehead atoms. The van der Waals surface area contributed by atoms with E-state index in [4.69, 9.17) is 4.74 Å². The summed E-state index contributed by atoms with van der Waals surface area (Å²) in [6.45, 7) is 4.79. The van der Waals surface area contributed by atoms with Crippen molar-refractivity contribution in [1.82, 2.24) is 5.32 Å². The van der Waals surface area contributed by atoms with Crippen molar-refractivity contribution < 1.29 is 24.0 Å². The van der Waals surface area contributed by atoms with Crippen molar-refractivity contribution in [3.05, 3.63) is 54.1 Å². The number of hydrogen-bond acceptors (Lipinski definition) is 4. The Morgan fingerprint density at radius 2 is 1.57 bits per heavy atom. The van der Waals surface area contributed by atoms with Crippen LogP contribution in [0.4, 0.5) is 11.4 Å². The number of ether oxygens (including phenoxy) is 1. The van der Waals surface area contributed by atoms with E-state index in [0.717, 1.165) is 16.2 Å². The van der Waals surface area contributed by atoms with E-state index in [1.807, 2.05) is 31.2 Å². The van der Waals surface area contributed by atoms with Gasteiger partial charge in [-0.05, 0) is 48.9 Å². The fraction of sp³-hybridized carbons (Fsp3) is 0.318. The minimum Gasteiger partial charge on any atom is -0.497 e. The predicted octanol–water partition coefficient (Wildman–Crippen LogP) is 0.813. The van der Waals surface area contributed by atoms with Crippen LogP contribution in [0, 0.1) is 0 Å². The van der Waals surface area contributed by atoms with Crippen molar-refractivity contribution in [3.63, 3.8) is 0 Å². The molecular weight excluding hydrogens is 384 g/mol. The van der Waals surface area contributed by atoms with Crippen LogP contribution in [0.25, 0.3) is 0 Å². The molecule has 0 radical (unpaired) electrons. The van der Waals surface area contributed by atoms with Crippen LogP contribution in [-0.4, -0.2) is 44.5 Å². The van der Waals surface area contributed by atoms with Crippen LogP contribution in [0.2, 0.25) is 0 Å². The lowest BCUT2D eigenvalue weighted by Gasteiger charge is -2.17. The SMILES string of the molecule is CC[NH+](CC(=O)NCc1cccc(OC)c1)CC(=O)Nc1ccc(NC(C)=O)cc1. The lowest BCUT2D eigenvalue weighted by Crippen LogP contribution is -3.13. The molecule has 0 aliphatic rings. The first-order chi connectivity index (χ1) is 14.4. The van der Waals surface area contributed by atoms with E-state index in [0.29, 0.717) is 24.5 Å². The van der Waals surface area contributed by atoms with Gasteiger partial charge in [-0.2, -0.15) is 0 Å². The van der Waals surface area contributed by atoms with Crippen molar-refractivity contribution in [2.24, 2.45) is 0 Å². The molecule has 3 amide bonds. The highest BCUT2D eigenvalue weighted by molar-refractivity contribution is 5.92. The molecule has 1 atom stereocenters. The standard InChI is InChI=1S/C22H28N4O4/c1-4-26(14-21(28)23-13-17-6-5-7-20(12-17)30-3)15-22(29)25-19-10-8-18(9-11-19)24-16(2)27/h5-12H,4,13-15H2,1-3H3,(H,23,28)(H,24,27)(H,25,29)/p+1. The molecule has 0 saturated heterocycles. The molecule has 8 nitrogen and oxygen atoms in total. The van der Waals surface area contributed by atoms with Crippen LogP contribution in [0.15, 0.2) is 48.5 Å². The van der Waals surface area contributed by atoms with Gasteiger partial charge < -0.3 is 25.6 Å². The third-order valence-electron chi connectivity index (χ3n) is 4.43. The molecule has 4 N–H and O–H groups in total. The number of likely N-dealkylation sites (N-methyl/N-ethyl adjacent to an activating group) is 1. The molecule has 0 saturated carbocycles. The second-order valence-electron chi connectivity index (χ2n) is 6.89. The first kappa shape index (κ1) is 22.9. The molecule has 2 aromatic rings. The van der Waals surface area contributed by atoms with Gasteiger partial charge in [0.25, 0.3) is 11.8 Å². The lowest BCUT2D eigenvalue weighted by molar-refractivity contribution is -0.881. The average Bonchev–Trinajstić information content (AvgIpc) is 2.73. The molecule has 0 aliphatic carbocycles. The minimum absolute atomic E-state index is 0.123. The Hall–Kier alpha value is -3.39. The monoisotopic (exact) mass is 413 g/mol. The second-order valence-corrected chi connectivity index (χ2v) is 6.89. The van der Waals surface area contributed by atoms with Crippen LogP contribution >= 0.6 is 0 Å². The van der Waals surface area contributed by atoms with Crippen LogP contribution in [0.5, 0.6) is 5.75 Å². The molecule has 2 rings (SSSR count). The van der Waals surface area contributed by atoms with Crippen LogP contribution in [0.1, 0.15) is 19.4 Å². The van der Waals surface area contributed by atoms with Crippen LogP contribution in [0.3, 0.4) is 0 Å². The fourth-order valence-corrected chi connectivity index (χ4v) is 2.86. The lowest BCUT2D eigenvalue weighted by atomic mass is 10.2. The van der Waals surface area contributed by atoms with E-state index in [-0.39, 0.29) is 30.8 Å². The Morgan fingerprint density at radius 1 is 0.933 bits per heavy atom. The highest BCUT2D eigenvalue weighted by Gasteiger charge is 2.16. The maximum absolute atomic E-state index is 12.3. The normalized spacial score (nSPS) is 11.3. The summed E-state index contributed by atoms with van der Waals surface area (Å²) in [5.74, 6) is 0.282. The summed E-state index contributed by atoms with van der Waals surface area (Å²) in [4.78, 5) is 36.5. The Balaban J connectivity index is 1.80. The van der Waals surface area contributed by atoms with Crippen molar-refractivity contribution >= 4 is 29.1 Å². The van der Waals surface area contributed by atoms with Gasteiger partial charge in [0.15, 0.2) is 13.1 Å². The molecule has 0 aliphatic heterocycles. The van der Waals surface area contributed by atoms with Crippen molar-refractivity contribution in [3.8, 4) is 5.75 Å². The maximum atomic E-state index is 12.3. The van der Waals surface area contributed by atoms with E-state index in [9.17, 15) is 14.4 Å². The average molecular weight is 413 g/mol. The summed E-state index contributed by atoms with van der Waals surface area (Å²) in [5, 5.41) is 8.36. The zero-order valence-electron chi connectivity index (χ0n) is 17.6. The summed E-state index contributed by atoms with van der Waals surface area (Å²) >= 11 is 0. The van der Waals surface area contributed by atoms with Gasteiger partial charge in [-0.25, -0.2) is 0 Å². The van der Waals surface area contributed by atoms with E-state index in [1.165, 1.54) is 6.92 Å². The summed E-state index contributed by atoms with van der Waals surface area (Å²) in [6, 6.07) is 14.4. The summed E-state index contributed by atoms with van der Waals surface area (Å²) in [5.41, 5.74) is 2.24. The zero-order chi connectivity index (χ0) is 21.9. The smallest absolute Gasteiger partial charge is 0.279 e. The summed E-state index contributed by atoms with van der Waals surface area (Å²) < 4.78 is 5.18. The molecule has 30 heavy (non-hydrogen) atoms. The van der Waals surface area contributed by atoms with Gasteiger partial charge in [-0.15, -0.1) is 0 Å². The molecule has 0 heterocycles. The van der Waals surface area contributed by atoms with Gasteiger partial charge in [-0.3, -0.25) is 14.4 Å². The minimum atomic E-state index is -0.181. The first-order valence-electron chi connectivity index (χ1n) is 9.80. The first-order valence-corrected chi connectivity index (χ1v) is 9.80. The van der Waals surface area contributed by atoms with Crippen molar-refractivity contribution in [2.75, 3.05) is 37.4 Å². The van der Waals surface area contributed by atoms with E-state index < -0.39 is 0 Å². The number of nitrogens with one attached hydrogen (secondary N) is 4. The Labute approximate surface area is 176 Å². The van der Waals surface area contributed by atoms with Crippen LogP contribution < -0.4 is 25.6 Å². The third kappa shape index (κ3) is 7.92. The van der Waals surface area contributed by atoms with E-state index in [2.05, 4.69) is 16.0 Å². The second kappa shape index (κ2) is 11.6. The summed E-state index contributed by atoms with van der Waals surface area (Å²) in [7, 11) is 1.60.